The van der Waals surface area contributed by atoms with Gasteiger partial charge in [0.2, 0.25) is 0 Å². The molecule has 0 spiro atoms. The highest BCUT2D eigenvalue weighted by atomic mass is 32.1. The van der Waals surface area contributed by atoms with Crippen molar-refractivity contribution in [2.75, 3.05) is 6.54 Å². The molecule has 25 heavy (non-hydrogen) atoms. The van der Waals surface area contributed by atoms with Gasteiger partial charge in [-0.25, -0.2) is 9.18 Å². The van der Waals surface area contributed by atoms with Gasteiger partial charge in [-0.2, -0.15) is 11.3 Å². The fraction of sp³-hybridized carbons (Fsp3) is 0.167. The Morgan fingerprint density at radius 3 is 2.56 bits per heavy atom. The highest BCUT2D eigenvalue weighted by Crippen LogP contribution is 2.33. The van der Waals surface area contributed by atoms with Crippen LogP contribution in [0.3, 0.4) is 0 Å². The normalized spacial score (nSPS) is 13.2. The number of rotatable bonds is 6. The van der Waals surface area contributed by atoms with Gasteiger partial charge in [-0.1, -0.05) is 18.2 Å². The van der Waals surface area contributed by atoms with Crippen LogP contribution in [0.5, 0.6) is 0 Å². The number of halogens is 1. The minimum atomic E-state index is -1.26. The van der Waals surface area contributed by atoms with Crippen LogP contribution in [0.4, 0.5) is 9.18 Å². The van der Waals surface area contributed by atoms with Crippen LogP contribution in [0.2, 0.25) is 0 Å². The number of thiophene rings is 2. The summed E-state index contributed by atoms with van der Waals surface area (Å²) in [6.45, 7) is 0.335. The Hall–Kier alpha value is -2.22. The third-order valence-corrected chi connectivity index (χ3v) is 5.50. The van der Waals surface area contributed by atoms with Gasteiger partial charge >= 0.3 is 6.03 Å². The zero-order valence-corrected chi connectivity index (χ0v) is 14.9. The van der Waals surface area contributed by atoms with Gasteiger partial charge in [0.05, 0.1) is 6.54 Å². The van der Waals surface area contributed by atoms with E-state index in [-0.39, 0.29) is 18.9 Å². The Bertz CT molecular complexity index is 768. The van der Waals surface area contributed by atoms with Crippen molar-refractivity contribution in [2.24, 2.45) is 0 Å². The second-order valence-electron chi connectivity index (χ2n) is 5.51. The minimum absolute atomic E-state index is 0.0551. The largest absolute Gasteiger partial charge is 0.378 e. The molecule has 0 aliphatic heterocycles. The Morgan fingerprint density at radius 1 is 1.12 bits per heavy atom. The van der Waals surface area contributed by atoms with Crippen LogP contribution < -0.4 is 10.6 Å². The maximum atomic E-state index is 12.9. The molecule has 0 bridgehead atoms. The molecule has 0 saturated carbocycles. The van der Waals surface area contributed by atoms with Gasteiger partial charge < -0.3 is 15.7 Å². The molecule has 1 atom stereocenters. The van der Waals surface area contributed by atoms with Gasteiger partial charge in [-0.05, 0) is 46.0 Å². The number of benzene rings is 1. The van der Waals surface area contributed by atoms with Crippen molar-refractivity contribution in [3.63, 3.8) is 0 Å². The number of amides is 2. The Labute approximate surface area is 153 Å². The summed E-state index contributed by atoms with van der Waals surface area (Å²) in [5, 5.41) is 22.2. The predicted octanol–water partition coefficient (Wildman–Crippen LogP) is 3.68. The summed E-state index contributed by atoms with van der Waals surface area (Å²) in [6, 6.07) is 11.1. The summed E-state index contributed by atoms with van der Waals surface area (Å²) >= 11 is 2.93. The van der Waals surface area contributed by atoms with E-state index in [1.165, 1.54) is 34.8 Å². The number of hydrogen-bond donors (Lipinski definition) is 3. The summed E-state index contributed by atoms with van der Waals surface area (Å²) < 4.78 is 12.9. The lowest BCUT2D eigenvalue weighted by Crippen LogP contribution is -2.44. The van der Waals surface area contributed by atoms with Gasteiger partial charge in [0.25, 0.3) is 0 Å². The van der Waals surface area contributed by atoms with Crippen LogP contribution in [0.15, 0.2) is 58.6 Å². The lowest BCUT2D eigenvalue weighted by molar-refractivity contribution is 0.0863. The quantitative estimate of drug-likeness (QED) is 0.615. The number of carbonyl (C=O) groups is 1. The van der Waals surface area contributed by atoms with Gasteiger partial charge in [0, 0.05) is 17.0 Å². The number of carbonyl (C=O) groups excluding carboxylic acids is 1. The van der Waals surface area contributed by atoms with Crippen LogP contribution in [0.1, 0.15) is 16.0 Å². The van der Waals surface area contributed by atoms with E-state index in [9.17, 15) is 14.3 Å². The summed E-state index contributed by atoms with van der Waals surface area (Å²) in [5.41, 5.74) is 0.281. The molecular weight excluding hydrogens is 359 g/mol. The van der Waals surface area contributed by atoms with E-state index < -0.39 is 11.6 Å². The molecule has 0 aliphatic rings. The summed E-state index contributed by atoms with van der Waals surface area (Å²) in [5.74, 6) is -0.315. The van der Waals surface area contributed by atoms with Crippen molar-refractivity contribution in [3.8, 4) is 0 Å². The maximum absolute atomic E-state index is 12.9. The van der Waals surface area contributed by atoms with Crippen LogP contribution in [0.25, 0.3) is 0 Å². The van der Waals surface area contributed by atoms with Crippen LogP contribution in [0, 0.1) is 5.82 Å². The maximum Gasteiger partial charge on any atom is 0.315 e. The Balaban J connectivity index is 1.61. The molecule has 1 aromatic carbocycles. The summed E-state index contributed by atoms with van der Waals surface area (Å²) in [7, 11) is 0. The third kappa shape index (κ3) is 4.25. The topological polar surface area (TPSA) is 61.4 Å². The molecule has 3 aromatic rings. The number of hydrogen-bond acceptors (Lipinski definition) is 4. The van der Waals surface area contributed by atoms with Crippen molar-refractivity contribution in [2.45, 2.75) is 12.1 Å². The number of urea groups is 1. The van der Waals surface area contributed by atoms with E-state index >= 15 is 0 Å². The zero-order chi connectivity index (χ0) is 17.7. The first kappa shape index (κ1) is 17.6. The number of aliphatic hydroxyl groups is 1. The molecule has 2 aromatic heterocycles. The van der Waals surface area contributed by atoms with Crippen molar-refractivity contribution in [1.29, 1.82) is 0 Å². The first-order valence-corrected chi connectivity index (χ1v) is 9.45. The molecule has 0 aliphatic carbocycles. The molecular formula is C18H17FN2O2S2. The zero-order valence-electron chi connectivity index (χ0n) is 13.2. The molecule has 2 amide bonds. The second-order valence-corrected chi connectivity index (χ2v) is 7.24. The Morgan fingerprint density at radius 2 is 1.92 bits per heavy atom. The van der Waals surface area contributed by atoms with Gasteiger partial charge in [-0.3, -0.25) is 0 Å². The molecule has 0 saturated heterocycles. The summed E-state index contributed by atoms with van der Waals surface area (Å²) in [6.07, 6.45) is 0. The SMILES string of the molecule is O=C(NCc1ccc(F)cc1)NC[C@](O)(c1ccsc1)c1cccs1. The van der Waals surface area contributed by atoms with E-state index in [0.29, 0.717) is 0 Å². The molecule has 3 N–H and O–H groups in total. The standard InChI is InChI=1S/C18H17FN2O2S2/c19-15-5-3-13(4-6-15)10-20-17(22)21-12-18(23,14-7-9-24-11-14)16-2-1-8-25-16/h1-9,11,23H,10,12H2,(H2,20,21,22)/t18-/m0/s1. The molecule has 7 heteroatoms. The monoisotopic (exact) mass is 376 g/mol. The van der Waals surface area contributed by atoms with Crippen LogP contribution >= 0.6 is 22.7 Å². The predicted molar refractivity (Wildman–Crippen MR) is 98.3 cm³/mol. The average Bonchev–Trinajstić information content (AvgIpc) is 3.33. The molecule has 0 radical (unpaired) electrons. The van der Waals surface area contributed by atoms with E-state index in [0.717, 1.165) is 16.0 Å². The molecule has 0 fully saturated rings. The van der Waals surface area contributed by atoms with Crippen LogP contribution in [-0.2, 0) is 12.1 Å². The third-order valence-electron chi connectivity index (χ3n) is 3.80. The number of nitrogens with one attached hydrogen (secondary N) is 2. The highest BCUT2D eigenvalue weighted by molar-refractivity contribution is 7.10. The molecule has 4 nitrogen and oxygen atoms in total. The fourth-order valence-corrected chi connectivity index (χ4v) is 3.97. The minimum Gasteiger partial charge on any atom is -0.378 e. The van der Waals surface area contributed by atoms with E-state index in [4.69, 9.17) is 0 Å². The second kappa shape index (κ2) is 7.77. The lowest BCUT2D eigenvalue weighted by Gasteiger charge is -2.27. The Kier molecular flexibility index (Phi) is 5.47. The van der Waals surface area contributed by atoms with Crippen molar-refractivity contribution < 1.29 is 14.3 Å². The van der Waals surface area contributed by atoms with Gasteiger partial charge in [0.1, 0.15) is 11.4 Å². The highest BCUT2D eigenvalue weighted by Gasteiger charge is 2.33. The average molecular weight is 376 g/mol. The van der Waals surface area contributed by atoms with E-state index in [1.54, 1.807) is 12.1 Å². The van der Waals surface area contributed by atoms with Crippen molar-refractivity contribution in [3.05, 3.63) is 80.4 Å². The molecule has 0 unspecified atom stereocenters. The fourth-order valence-electron chi connectivity index (χ4n) is 2.40. The van der Waals surface area contributed by atoms with E-state index in [2.05, 4.69) is 10.6 Å². The van der Waals surface area contributed by atoms with Gasteiger partial charge in [0.15, 0.2) is 0 Å². The van der Waals surface area contributed by atoms with Gasteiger partial charge in [-0.15, -0.1) is 11.3 Å². The first-order valence-electron chi connectivity index (χ1n) is 7.63. The molecule has 130 valence electrons. The van der Waals surface area contributed by atoms with Crippen molar-refractivity contribution in [1.82, 2.24) is 10.6 Å². The molecule has 3 rings (SSSR count). The summed E-state index contributed by atoms with van der Waals surface area (Å²) in [4.78, 5) is 12.8. The van der Waals surface area contributed by atoms with Crippen molar-refractivity contribution >= 4 is 28.7 Å². The lowest BCUT2D eigenvalue weighted by atomic mass is 9.94. The smallest absolute Gasteiger partial charge is 0.315 e. The van der Waals surface area contributed by atoms with Crippen LogP contribution in [-0.4, -0.2) is 17.7 Å². The molecule has 2 heterocycles. The van der Waals surface area contributed by atoms with E-state index in [1.807, 2.05) is 34.3 Å². The first-order chi connectivity index (χ1) is 12.1.